The van der Waals surface area contributed by atoms with Gasteiger partial charge in [0.1, 0.15) is 10.8 Å². The van der Waals surface area contributed by atoms with E-state index in [4.69, 9.17) is 0 Å². The van der Waals surface area contributed by atoms with Gasteiger partial charge < -0.3 is 10.2 Å². The van der Waals surface area contributed by atoms with Gasteiger partial charge in [-0.2, -0.15) is 0 Å². The molecule has 3 rings (SSSR count). The van der Waals surface area contributed by atoms with Gasteiger partial charge in [0.25, 0.3) is 0 Å². The predicted molar refractivity (Wildman–Crippen MR) is 109 cm³/mol. The highest BCUT2D eigenvalue weighted by Crippen LogP contribution is 2.19. The Morgan fingerprint density at radius 1 is 1.15 bits per heavy atom. The number of aromatic nitrogens is 1. The van der Waals surface area contributed by atoms with E-state index in [2.05, 4.69) is 15.2 Å². The van der Waals surface area contributed by atoms with Gasteiger partial charge in [-0.25, -0.2) is 9.37 Å². The zero-order valence-corrected chi connectivity index (χ0v) is 16.2. The summed E-state index contributed by atoms with van der Waals surface area (Å²) in [4.78, 5) is 18.9. The number of anilines is 2. The Hall–Kier alpha value is -2.73. The van der Waals surface area contributed by atoms with Crippen LogP contribution in [0.25, 0.3) is 0 Å². The molecule has 1 heterocycles. The molecule has 4 nitrogen and oxygen atoms in total. The minimum absolute atomic E-state index is 0.0781. The molecular weight excluding hydrogens is 361 g/mol. The molecule has 0 saturated heterocycles. The Morgan fingerprint density at radius 2 is 1.85 bits per heavy atom. The first-order chi connectivity index (χ1) is 13.0. The lowest BCUT2D eigenvalue weighted by Gasteiger charge is -2.22. The van der Waals surface area contributed by atoms with Crippen LogP contribution in [0.3, 0.4) is 0 Å². The van der Waals surface area contributed by atoms with Gasteiger partial charge in [-0.3, -0.25) is 4.79 Å². The van der Waals surface area contributed by atoms with Gasteiger partial charge in [-0.1, -0.05) is 17.7 Å². The maximum Gasteiger partial charge on any atom is 0.231 e. The van der Waals surface area contributed by atoms with Crippen molar-refractivity contribution in [2.75, 3.05) is 16.8 Å². The third kappa shape index (κ3) is 5.37. The Bertz CT molecular complexity index is 891. The summed E-state index contributed by atoms with van der Waals surface area (Å²) in [7, 11) is 0. The maximum absolute atomic E-state index is 13.1. The second kappa shape index (κ2) is 8.77. The molecule has 140 valence electrons. The van der Waals surface area contributed by atoms with Gasteiger partial charge in [0.2, 0.25) is 5.91 Å². The maximum atomic E-state index is 13.1. The van der Waals surface area contributed by atoms with E-state index in [1.807, 2.05) is 43.5 Å². The van der Waals surface area contributed by atoms with Crippen molar-refractivity contribution in [2.45, 2.75) is 26.8 Å². The number of amides is 1. The van der Waals surface area contributed by atoms with E-state index in [1.165, 1.54) is 23.5 Å². The number of hydrogen-bond acceptors (Lipinski definition) is 4. The van der Waals surface area contributed by atoms with Gasteiger partial charge in [0.05, 0.1) is 18.7 Å². The Balaban J connectivity index is 1.59. The van der Waals surface area contributed by atoms with Crippen LogP contribution >= 0.6 is 11.3 Å². The largest absolute Gasteiger partial charge is 0.366 e. The van der Waals surface area contributed by atoms with Crippen LogP contribution in [0.2, 0.25) is 0 Å². The van der Waals surface area contributed by atoms with E-state index < -0.39 is 0 Å². The molecule has 0 atom stereocenters. The van der Waals surface area contributed by atoms with Crippen LogP contribution in [0, 0.1) is 12.7 Å². The van der Waals surface area contributed by atoms with Crippen LogP contribution in [0.5, 0.6) is 0 Å². The SMILES string of the molecule is CCN(Cc1csc(CC(=O)Nc2ccc(C)cc2)n1)c1ccc(F)cc1. The number of aryl methyl sites for hydroxylation is 1. The number of thiazole rings is 1. The van der Waals surface area contributed by atoms with Crippen LogP contribution in [0.4, 0.5) is 15.8 Å². The summed E-state index contributed by atoms with van der Waals surface area (Å²) in [6, 6.07) is 14.2. The zero-order valence-electron chi connectivity index (χ0n) is 15.4. The number of halogens is 1. The average Bonchev–Trinajstić information content (AvgIpc) is 3.09. The average molecular weight is 383 g/mol. The number of benzene rings is 2. The van der Waals surface area contributed by atoms with Gasteiger partial charge >= 0.3 is 0 Å². The minimum atomic E-state index is -0.245. The molecule has 0 aliphatic rings. The highest BCUT2D eigenvalue weighted by Gasteiger charge is 2.11. The summed E-state index contributed by atoms with van der Waals surface area (Å²) in [6.45, 7) is 5.46. The van der Waals surface area contributed by atoms with Crippen molar-refractivity contribution in [3.05, 3.63) is 76.0 Å². The number of nitrogens with one attached hydrogen (secondary N) is 1. The molecule has 6 heteroatoms. The van der Waals surface area contributed by atoms with E-state index in [0.29, 0.717) is 6.54 Å². The number of carbonyl (C=O) groups excluding carboxylic acids is 1. The summed E-state index contributed by atoms with van der Waals surface area (Å²) < 4.78 is 13.1. The zero-order chi connectivity index (χ0) is 19.2. The Morgan fingerprint density at radius 3 is 2.52 bits per heavy atom. The quantitative estimate of drug-likeness (QED) is 0.637. The van der Waals surface area contributed by atoms with Crippen LogP contribution in [0.1, 0.15) is 23.2 Å². The van der Waals surface area contributed by atoms with E-state index in [1.54, 1.807) is 12.1 Å². The number of carbonyl (C=O) groups is 1. The predicted octanol–water partition coefficient (Wildman–Crippen LogP) is 4.80. The van der Waals surface area contributed by atoms with Crippen molar-refractivity contribution in [3.8, 4) is 0 Å². The third-order valence-electron chi connectivity index (χ3n) is 4.17. The molecule has 0 fully saturated rings. The van der Waals surface area contributed by atoms with Crippen LogP contribution < -0.4 is 10.2 Å². The molecule has 0 radical (unpaired) electrons. The second-order valence-corrected chi connectivity index (χ2v) is 7.26. The third-order valence-corrected chi connectivity index (χ3v) is 5.07. The second-order valence-electron chi connectivity index (χ2n) is 6.31. The van der Waals surface area contributed by atoms with Gasteiger partial charge in [-0.05, 0) is 50.2 Å². The number of nitrogens with zero attached hydrogens (tertiary/aromatic N) is 2. The molecular formula is C21H22FN3OS. The molecule has 1 amide bonds. The highest BCUT2D eigenvalue weighted by molar-refractivity contribution is 7.09. The van der Waals surface area contributed by atoms with E-state index in [-0.39, 0.29) is 18.1 Å². The van der Waals surface area contributed by atoms with Gasteiger partial charge in [0, 0.05) is 23.3 Å². The number of hydrogen-bond donors (Lipinski definition) is 1. The van der Waals surface area contributed by atoms with E-state index in [9.17, 15) is 9.18 Å². The lowest BCUT2D eigenvalue weighted by Crippen LogP contribution is -2.22. The van der Waals surface area contributed by atoms with Crippen LogP contribution in [0.15, 0.2) is 53.9 Å². The number of rotatable bonds is 7. The van der Waals surface area contributed by atoms with Crippen molar-refractivity contribution in [1.82, 2.24) is 4.98 Å². The van der Waals surface area contributed by atoms with Crippen molar-refractivity contribution < 1.29 is 9.18 Å². The van der Waals surface area contributed by atoms with Crippen molar-refractivity contribution in [3.63, 3.8) is 0 Å². The van der Waals surface area contributed by atoms with Gasteiger partial charge in [-0.15, -0.1) is 11.3 Å². The molecule has 1 N–H and O–H groups in total. The molecule has 2 aromatic carbocycles. The normalized spacial score (nSPS) is 10.6. The van der Waals surface area contributed by atoms with Crippen molar-refractivity contribution in [2.24, 2.45) is 0 Å². The fourth-order valence-electron chi connectivity index (χ4n) is 2.72. The van der Waals surface area contributed by atoms with E-state index >= 15 is 0 Å². The molecule has 3 aromatic rings. The first-order valence-electron chi connectivity index (χ1n) is 8.84. The molecule has 0 unspecified atom stereocenters. The topological polar surface area (TPSA) is 45.2 Å². The smallest absolute Gasteiger partial charge is 0.231 e. The van der Waals surface area contributed by atoms with E-state index in [0.717, 1.165) is 34.2 Å². The summed E-state index contributed by atoms with van der Waals surface area (Å²) in [5.41, 5.74) is 3.80. The van der Waals surface area contributed by atoms with Crippen LogP contribution in [-0.2, 0) is 17.8 Å². The molecule has 0 aliphatic heterocycles. The minimum Gasteiger partial charge on any atom is -0.366 e. The molecule has 0 bridgehead atoms. The first-order valence-corrected chi connectivity index (χ1v) is 9.72. The molecule has 0 saturated carbocycles. The Labute approximate surface area is 162 Å². The molecule has 0 spiro atoms. The standard InChI is InChI=1S/C21H22FN3OS/c1-3-25(19-10-6-16(22)7-11-19)13-18-14-27-21(24-18)12-20(26)23-17-8-4-15(2)5-9-17/h4-11,14H,3,12-13H2,1-2H3,(H,23,26). The first kappa shape index (κ1) is 19.0. The molecule has 0 aliphatic carbocycles. The summed E-state index contributed by atoms with van der Waals surface area (Å²) in [5.74, 6) is -0.323. The monoisotopic (exact) mass is 383 g/mol. The van der Waals surface area contributed by atoms with Crippen molar-refractivity contribution >= 4 is 28.6 Å². The lowest BCUT2D eigenvalue weighted by atomic mass is 10.2. The fraction of sp³-hybridized carbons (Fsp3) is 0.238. The van der Waals surface area contributed by atoms with Gasteiger partial charge in [0.15, 0.2) is 0 Å². The Kier molecular flexibility index (Phi) is 6.19. The molecule has 27 heavy (non-hydrogen) atoms. The highest BCUT2D eigenvalue weighted by atomic mass is 32.1. The van der Waals surface area contributed by atoms with Crippen molar-refractivity contribution in [1.29, 1.82) is 0 Å². The fourth-order valence-corrected chi connectivity index (χ4v) is 3.50. The summed E-state index contributed by atoms with van der Waals surface area (Å²) in [5, 5.41) is 5.65. The summed E-state index contributed by atoms with van der Waals surface area (Å²) >= 11 is 1.48. The lowest BCUT2D eigenvalue weighted by molar-refractivity contribution is -0.115. The van der Waals surface area contributed by atoms with Crippen LogP contribution in [-0.4, -0.2) is 17.4 Å². The summed E-state index contributed by atoms with van der Waals surface area (Å²) in [6.07, 6.45) is 0.251. The molecule has 1 aromatic heterocycles.